The molecular formula is C15H21BrFNO. The van der Waals surface area contributed by atoms with Gasteiger partial charge in [0, 0.05) is 29.7 Å². The molecule has 1 saturated heterocycles. The monoisotopic (exact) mass is 329 g/mol. The molecule has 1 aliphatic rings. The summed E-state index contributed by atoms with van der Waals surface area (Å²) in [5.74, 6) is -0.156. The highest BCUT2D eigenvalue weighted by Crippen LogP contribution is 2.29. The molecule has 1 aliphatic heterocycles. The van der Waals surface area contributed by atoms with Crippen molar-refractivity contribution in [3.05, 3.63) is 34.1 Å². The first-order valence-corrected chi connectivity index (χ1v) is 7.33. The predicted octanol–water partition coefficient (Wildman–Crippen LogP) is 3.98. The molecule has 0 saturated carbocycles. The Morgan fingerprint density at radius 1 is 1.21 bits per heavy atom. The second-order valence-electron chi connectivity index (χ2n) is 6.50. The van der Waals surface area contributed by atoms with Crippen LogP contribution in [0.25, 0.3) is 0 Å². The highest BCUT2D eigenvalue weighted by Gasteiger charge is 2.38. The lowest BCUT2D eigenvalue weighted by atomic mass is 9.98. The maximum atomic E-state index is 13.9. The van der Waals surface area contributed by atoms with Gasteiger partial charge in [-0.3, -0.25) is 4.90 Å². The van der Waals surface area contributed by atoms with Gasteiger partial charge in [-0.25, -0.2) is 4.39 Å². The van der Waals surface area contributed by atoms with E-state index >= 15 is 0 Å². The molecule has 1 aromatic carbocycles. The lowest BCUT2D eigenvalue weighted by Crippen LogP contribution is -2.56. The van der Waals surface area contributed by atoms with Crippen molar-refractivity contribution >= 4 is 15.9 Å². The maximum absolute atomic E-state index is 13.9. The van der Waals surface area contributed by atoms with Crippen LogP contribution in [0.4, 0.5) is 4.39 Å². The van der Waals surface area contributed by atoms with Crippen molar-refractivity contribution in [1.29, 1.82) is 0 Å². The number of halogens is 2. The van der Waals surface area contributed by atoms with E-state index in [-0.39, 0.29) is 17.0 Å². The van der Waals surface area contributed by atoms with Crippen LogP contribution in [0.1, 0.15) is 33.3 Å². The molecule has 0 atom stereocenters. The van der Waals surface area contributed by atoms with Crippen molar-refractivity contribution in [2.45, 2.75) is 45.4 Å². The van der Waals surface area contributed by atoms with Crippen LogP contribution >= 0.6 is 15.9 Å². The van der Waals surface area contributed by atoms with Crippen LogP contribution in [0.15, 0.2) is 22.7 Å². The number of morpholine rings is 1. The van der Waals surface area contributed by atoms with Crippen LogP contribution in [0.3, 0.4) is 0 Å². The summed E-state index contributed by atoms with van der Waals surface area (Å²) in [6.07, 6.45) is 0. The highest BCUT2D eigenvalue weighted by atomic mass is 79.9. The van der Waals surface area contributed by atoms with E-state index in [0.29, 0.717) is 6.54 Å². The fraction of sp³-hybridized carbons (Fsp3) is 0.600. The van der Waals surface area contributed by atoms with Gasteiger partial charge < -0.3 is 4.74 Å². The number of hydrogen-bond donors (Lipinski definition) is 0. The van der Waals surface area contributed by atoms with E-state index in [1.165, 1.54) is 6.07 Å². The zero-order valence-electron chi connectivity index (χ0n) is 12.0. The molecule has 0 radical (unpaired) electrons. The van der Waals surface area contributed by atoms with Crippen LogP contribution in [0.5, 0.6) is 0 Å². The molecule has 0 N–H and O–H groups in total. The van der Waals surface area contributed by atoms with Crippen LogP contribution < -0.4 is 0 Å². The van der Waals surface area contributed by atoms with Crippen molar-refractivity contribution < 1.29 is 9.13 Å². The summed E-state index contributed by atoms with van der Waals surface area (Å²) in [6.45, 7) is 10.6. The number of hydrogen-bond acceptors (Lipinski definition) is 2. The summed E-state index contributed by atoms with van der Waals surface area (Å²) in [5.41, 5.74) is 0.331. The van der Waals surface area contributed by atoms with E-state index in [0.717, 1.165) is 23.1 Å². The standard InChI is InChI=1S/C15H21BrFNO/c1-14(2)9-18(10-15(3,4)19-14)8-11-5-6-12(16)7-13(11)17/h5-7H,8-10H2,1-4H3. The molecule has 4 heteroatoms. The van der Waals surface area contributed by atoms with Gasteiger partial charge in [-0.15, -0.1) is 0 Å². The van der Waals surface area contributed by atoms with Gasteiger partial charge in [0.25, 0.3) is 0 Å². The van der Waals surface area contributed by atoms with Gasteiger partial charge in [0.2, 0.25) is 0 Å². The number of benzene rings is 1. The van der Waals surface area contributed by atoms with E-state index < -0.39 is 0 Å². The van der Waals surface area contributed by atoms with Crippen LogP contribution in [-0.2, 0) is 11.3 Å². The molecule has 0 unspecified atom stereocenters. The molecule has 0 aliphatic carbocycles. The molecule has 1 aromatic rings. The smallest absolute Gasteiger partial charge is 0.128 e. The Hall–Kier alpha value is -0.450. The topological polar surface area (TPSA) is 12.5 Å². The Balaban J connectivity index is 2.14. The molecule has 0 aromatic heterocycles. The van der Waals surface area contributed by atoms with E-state index in [9.17, 15) is 4.39 Å². The van der Waals surface area contributed by atoms with Gasteiger partial charge in [0.05, 0.1) is 11.2 Å². The SMILES string of the molecule is CC1(C)CN(Cc2ccc(Br)cc2F)CC(C)(C)O1. The van der Waals surface area contributed by atoms with E-state index in [1.807, 2.05) is 12.1 Å². The van der Waals surface area contributed by atoms with Gasteiger partial charge in [0.1, 0.15) is 5.82 Å². The Bertz CT molecular complexity index is 457. The highest BCUT2D eigenvalue weighted by molar-refractivity contribution is 9.10. The van der Waals surface area contributed by atoms with Gasteiger partial charge in [-0.05, 0) is 39.8 Å². The second-order valence-corrected chi connectivity index (χ2v) is 7.42. The van der Waals surface area contributed by atoms with E-state index in [1.54, 1.807) is 0 Å². The Kier molecular flexibility index (Phi) is 4.05. The molecule has 0 bridgehead atoms. The van der Waals surface area contributed by atoms with Crippen molar-refractivity contribution in [2.24, 2.45) is 0 Å². The second kappa shape index (κ2) is 5.15. The van der Waals surface area contributed by atoms with Crippen molar-refractivity contribution in [2.75, 3.05) is 13.1 Å². The summed E-state index contributed by atoms with van der Waals surface area (Å²) in [4.78, 5) is 2.26. The third kappa shape index (κ3) is 4.01. The Morgan fingerprint density at radius 3 is 2.32 bits per heavy atom. The third-order valence-electron chi connectivity index (χ3n) is 3.17. The molecule has 106 valence electrons. The minimum Gasteiger partial charge on any atom is -0.367 e. The normalized spacial score (nSPS) is 22.4. The minimum atomic E-state index is -0.201. The molecule has 1 heterocycles. The fourth-order valence-electron chi connectivity index (χ4n) is 2.95. The maximum Gasteiger partial charge on any atom is 0.128 e. The van der Waals surface area contributed by atoms with Crippen molar-refractivity contribution in [3.63, 3.8) is 0 Å². The minimum absolute atomic E-state index is 0.156. The molecule has 2 nitrogen and oxygen atoms in total. The summed E-state index contributed by atoms with van der Waals surface area (Å²) in [6, 6.07) is 5.25. The summed E-state index contributed by atoms with van der Waals surface area (Å²) in [5, 5.41) is 0. The summed E-state index contributed by atoms with van der Waals surface area (Å²) < 4.78 is 20.7. The number of rotatable bonds is 2. The summed E-state index contributed by atoms with van der Waals surface area (Å²) >= 11 is 3.28. The van der Waals surface area contributed by atoms with E-state index in [4.69, 9.17) is 4.74 Å². The van der Waals surface area contributed by atoms with Gasteiger partial charge >= 0.3 is 0 Å². The predicted molar refractivity (Wildman–Crippen MR) is 78.6 cm³/mol. The lowest BCUT2D eigenvalue weighted by Gasteiger charge is -2.47. The largest absolute Gasteiger partial charge is 0.367 e. The molecule has 0 amide bonds. The molecule has 2 rings (SSSR count). The van der Waals surface area contributed by atoms with Gasteiger partial charge in [-0.1, -0.05) is 22.0 Å². The lowest BCUT2D eigenvalue weighted by molar-refractivity contribution is -0.182. The molecular weight excluding hydrogens is 309 g/mol. The molecule has 1 fully saturated rings. The van der Waals surface area contributed by atoms with E-state index in [2.05, 4.69) is 48.5 Å². The zero-order valence-corrected chi connectivity index (χ0v) is 13.6. The Morgan fingerprint density at radius 2 is 1.79 bits per heavy atom. The van der Waals surface area contributed by atoms with Crippen LogP contribution in [0.2, 0.25) is 0 Å². The first-order valence-electron chi connectivity index (χ1n) is 6.53. The number of nitrogens with zero attached hydrogens (tertiary/aromatic N) is 1. The fourth-order valence-corrected chi connectivity index (χ4v) is 3.28. The van der Waals surface area contributed by atoms with Crippen LogP contribution in [-0.4, -0.2) is 29.2 Å². The average Bonchev–Trinajstić information content (AvgIpc) is 2.17. The average molecular weight is 330 g/mol. The number of ether oxygens (including phenoxy) is 1. The van der Waals surface area contributed by atoms with Crippen molar-refractivity contribution in [1.82, 2.24) is 4.90 Å². The quantitative estimate of drug-likeness (QED) is 0.813. The zero-order chi connectivity index (χ0) is 14.3. The summed E-state index contributed by atoms with van der Waals surface area (Å²) in [7, 11) is 0. The molecule has 19 heavy (non-hydrogen) atoms. The van der Waals surface area contributed by atoms with Crippen LogP contribution in [0, 0.1) is 5.82 Å². The van der Waals surface area contributed by atoms with Gasteiger partial charge in [-0.2, -0.15) is 0 Å². The third-order valence-corrected chi connectivity index (χ3v) is 3.66. The van der Waals surface area contributed by atoms with Crippen molar-refractivity contribution in [3.8, 4) is 0 Å². The first-order chi connectivity index (χ1) is 8.67. The van der Waals surface area contributed by atoms with Gasteiger partial charge in [0.15, 0.2) is 0 Å². The molecule has 0 spiro atoms. The Labute approximate surface area is 123 Å². The first kappa shape index (κ1) is 14.9.